The van der Waals surface area contributed by atoms with Gasteiger partial charge < -0.3 is 0 Å². The first-order valence-corrected chi connectivity index (χ1v) is 9.11. The lowest BCUT2D eigenvalue weighted by Gasteiger charge is -2.46. The maximum absolute atomic E-state index is 13.7. The van der Waals surface area contributed by atoms with Gasteiger partial charge in [-0.1, -0.05) is 13.8 Å². The molecule has 0 aromatic carbocycles. The Bertz CT molecular complexity index is 401. The van der Waals surface area contributed by atoms with E-state index in [1.54, 1.807) is 0 Å². The van der Waals surface area contributed by atoms with Crippen molar-refractivity contribution in [3.8, 4) is 0 Å². The molecule has 2 rings (SSSR count). The minimum Gasteiger partial charge on any atom is -0.299 e. The van der Waals surface area contributed by atoms with Crippen LogP contribution in [0.1, 0.15) is 26.7 Å². The van der Waals surface area contributed by atoms with Crippen molar-refractivity contribution in [2.24, 2.45) is 0 Å². The average Bonchev–Trinajstić information content (AvgIpc) is 2.37. The van der Waals surface area contributed by atoms with Crippen LogP contribution in [0.15, 0.2) is 0 Å². The molecule has 3 atom stereocenters. The second-order valence-electron chi connectivity index (χ2n) is 5.63. The van der Waals surface area contributed by atoms with Gasteiger partial charge in [-0.15, -0.1) is 0 Å². The maximum atomic E-state index is 13.7. The standard InChI is InChI=1S/C13H25FN2O2S/c1-3-15-6-5-11(14)9-12(15)13-10-19(17,18)8-7-16(13)4-2/h11-13H,3-10H2,1-2H3. The summed E-state index contributed by atoms with van der Waals surface area (Å²) < 4.78 is 37.5. The van der Waals surface area contributed by atoms with E-state index in [2.05, 4.69) is 23.6 Å². The maximum Gasteiger partial charge on any atom is 0.153 e. The van der Waals surface area contributed by atoms with Crippen molar-refractivity contribution in [3.63, 3.8) is 0 Å². The van der Waals surface area contributed by atoms with E-state index in [9.17, 15) is 12.8 Å². The second kappa shape index (κ2) is 6.06. The molecule has 4 nitrogen and oxygen atoms in total. The highest BCUT2D eigenvalue weighted by Gasteiger charge is 2.40. The summed E-state index contributed by atoms with van der Waals surface area (Å²) in [7, 11) is -2.96. The van der Waals surface area contributed by atoms with Gasteiger partial charge in [0.1, 0.15) is 6.17 Å². The molecule has 0 aliphatic carbocycles. The molecule has 0 amide bonds. The van der Waals surface area contributed by atoms with Gasteiger partial charge in [0.25, 0.3) is 0 Å². The van der Waals surface area contributed by atoms with Crippen LogP contribution in [0.4, 0.5) is 4.39 Å². The minimum atomic E-state index is -2.96. The van der Waals surface area contributed by atoms with Crippen molar-refractivity contribution in [1.82, 2.24) is 9.80 Å². The van der Waals surface area contributed by atoms with Crippen LogP contribution >= 0.6 is 0 Å². The molecule has 0 spiro atoms. The Hall–Kier alpha value is -0.200. The molecular formula is C13H25FN2O2S. The van der Waals surface area contributed by atoms with Gasteiger partial charge in [-0.25, -0.2) is 12.8 Å². The van der Waals surface area contributed by atoms with E-state index < -0.39 is 16.0 Å². The Kier molecular flexibility index (Phi) is 4.84. The van der Waals surface area contributed by atoms with Gasteiger partial charge in [0.05, 0.1) is 11.5 Å². The summed E-state index contributed by atoms with van der Waals surface area (Å²) in [6, 6.07) is 0.00558. The topological polar surface area (TPSA) is 40.6 Å². The highest BCUT2D eigenvalue weighted by Crippen LogP contribution is 2.27. The number of nitrogens with zero attached hydrogens (tertiary/aromatic N) is 2. The van der Waals surface area contributed by atoms with E-state index in [1.165, 1.54) is 0 Å². The predicted molar refractivity (Wildman–Crippen MR) is 74.9 cm³/mol. The Morgan fingerprint density at radius 3 is 2.37 bits per heavy atom. The molecule has 2 aliphatic rings. The third-order valence-corrected chi connectivity index (χ3v) is 6.19. The first kappa shape index (κ1) is 15.2. The van der Waals surface area contributed by atoms with E-state index in [0.717, 1.165) is 19.6 Å². The molecule has 112 valence electrons. The monoisotopic (exact) mass is 292 g/mol. The van der Waals surface area contributed by atoms with Crippen molar-refractivity contribution in [2.45, 2.75) is 44.9 Å². The van der Waals surface area contributed by atoms with E-state index in [4.69, 9.17) is 0 Å². The van der Waals surface area contributed by atoms with Crippen LogP contribution < -0.4 is 0 Å². The summed E-state index contributed by atoms with van der Waals surface area (Å²) in [4.78, 5) is 4.47. The zero-order valence-electron chi connectivity index (χ0n) is 11.9. The average molecular weight is 292 g/mol. The zero-order chi connectivity index (χ0) is 14.0. The molecular weight excluding hydrogens is 267 g/mol. The van der Waals surface area contributed by atoms with Crippen LogP contribution in [-0.2, 0) is 9.84 Å². The molecule has 0 saturated carbocycles. The largest absolute Gasteiger partial charge is 0.299 e. The fraction of sp³-hybridized carbons (Fsp3) is 1.00. The number of likely N-dealkylation sites (N-methyl/N-ethyl adjacent to an activating group) is 2. The summed E-state index contributed by atoms with van der Waals surface area (Å²) in [5, 5.41) is 0. The lowest BCUT2D eigenvalue weighted by Crippen LogP contribution is -2.60. The number of hydrogen-bond donors (Lipinski definition) is 0. The molecule has 0 N–H and O–H groups in total. The quantitative estimate of drug-likeness (QED) is 0.776. The summed E-state index contributed by atoms with van der Waals surface area (Å²) in [5.41, 5.74) is 0. The van der Waals surface area contributed by atoms with Crippen LogP contribution in [0.2, 0.25) is 0 Å². The summed E-state index contributed by atoms with van der Waals surface area (Å²) >= 11 is 0. The number of likely N-dealkylation sites (tertiary alicyclic amines) is 1. The van der Waals surface area contributed by atoms with Gasteiger partial charge in [0.2, 0.25) is 0 Å². The zero-order valence-corrected chi connectivity index (χ0v) is 12.7. The number of halogens is 1. The summed E-state index contributed by atoms with van der Waals surface area (Å²) in [6.07, 6.45) is 0.275. The number of alkyl halides is 1. The first-order valence-electron chi connectivity index (χ1n) is 7.29. The molecule has 6 heteroatoms. The molecule has 0 bridgehead atoms. The Morgan fingerprint density at radius 2 is 1.74 bits per heavy atom. The van der Waals surface area contributed by atoms with Crippen molar-refractivity contribution in [3.05, 3.63) is 0 Å². The molecule has 0 aromatic rings. The number of sulfone groups is 1. The number of hydrogen-bond acceptors (Lipinski definition) is 4. The van der Waals surface area contributed by atoms with E-state index >= 15 is 0 Å². The van der Waals surface area contributed by atoms with Crippen molar-refractivity contribution in [1.29, 1.82) is 0 Å². The van der Waals surface area contributed by atoms with E-state index in [0.29, 0.717) is 19.4 Å². The first-order chi connectivity index (χ1) is 8.96. The summed E-state index contributed by atoms with van der Waals surface area (Å²) in [6.45, 7) is 7.16. The molecule has 2 aliphatic heterocycles. The Labute approximate surface area is 115 Å². The Morgan fingerprint density at radius 1 is 1.11 bits per heavy atom. The van der Waals surface area contributed by atoms with Gasteiger partial charge in [-0.2, -0.15) is 0 Å². The minimum absolute atomic E-state index is 0.0396. The smallest absolute Gasteiger partial charge is 0.153 e. The highest BCUT2D eigenvalue weighted by atomic mass is 32.2. The molecule has 0 aromatic heterocycles. The molecule has 0 radical (unpaired) electrons. The van der Waals surface area contributed by atoms with Crippen LogP contribution in [0.5, 0.6) is 0 Å². The predicted octanol–water partition coefficient (Wildman–Crippen LogP) is 0.928. The third kappa shape index (κ3) is 3.47. The Balaban J connectivity index is 2.18. The lowest BCUT2D eigenvalue weighted by molar-refractivity contribution is 0.0351. The fourth-order valence-corrected chi connectivity index (χ4v) is 5.04. The van der Waals surface area contributed by atoms with E-state index in [1.807, 2.05) is 0 Å². The third-order valence-electron chi connectivity index (χ3n) is 4.54. The fourth-order valence-electron chi connectivity index (χ4n) is 3.41. The summed E-state index contributed by atoms with van der Waals surface area (Å²) in [5.74, 6) is 0.434. The van der Waals surface area contributed by atoms with Crippen molar-refractivity contribution >= 4 is 9.84 Å². The van der Waals surface area contributed by atoms with Gasteiger partial charge in [0.15, 0.2) is 9.84 Å². The molecule has 2 fully saturated rings. The van der Waals surface area contributed by atoms with Crippen LogP contribution in [0.3, 0.4) is 0 Å². The number of piperidine rings is 1. The van der Waals surface area contributed by atoms with Crippen molar-refractivity contribution < 1.29 is 12.8 Å². The van der Waals surface area contributed by atoms with Crippen LogP contribution in [-0.4, -0.2) is 74.2 Å². The van der Waals surface area contributed by atoms with Gasteiger partial charge in [-0.3, -0.25) is 9.80 Å². The van der Waals surface area contributed by atoms with Crippen molar-refractivity contribution in [2.75, 3.05) is 37.7 Å². The van der Waals surface area contributed by atoms with Gasteiger partial charge in [0, 0.05) is 25.2 Å². The lowest BCUT2D eigenvalue weighted by atomic mass is 9.94. The number of rotatable bonds is 3. The van der Waals surface area contributed by atoms with E-state index in [-0.39, 0.29) is 23.6 Å². The second-order valence-corrected chi connectivity index (χ2v) is 7.86. The molecule has 2 saturated heterocycles. The van der Waals surface area contributed by atoms with Crippen LogP contribution in [0.25, 0.3) is 0 Å². The SMILES string of the molecule is CCN1CCC(F)CC1C1CS(=O)(=O)CCN1CC. The van der Waals surface area contributed by atoms with Gasteiger partial charge in [-0.05, 0) is 25.9 Å². The highest BCUT2D eigenvalue weighted by molar-refractivity contribution is 7.91. The normalized spacial score (nSPS) is 37.3. The molecule has 19 heavy (non-hydrogen) atoms. The molecule has 3 unspecified atom stereocenters. The van der Waals surface area contributed by atoms with Crippen LogP contribution in [0, 0.1) is 0 Å². The molecule has 2 heterocycles. The van der Waals surface area contributed by atoms with Gasteiger partial charge >= 0.3 is 0 Å².